The molecule has 0 fully saturated rings. The topological polar surface area (TPSA) is 57.2 Å². The van der Waals surface area contributed by atoms with Crippen LogP contribution in [-0.4, -0.2) is 76.6 Å². The molecular formula is C19H32O5S4. The minimum Gasteiger partial charge on any atom is -0.506 e. The van der Waals surface area contributed by atoms with Crippen LogP contribution < -0.4 is 0 Å². The molecule has 0 bridgehead atoms. The van der Waals surface area contributed by atoms with E-state index >= 15 is 0 Å². The van der Waals surface area contributed by atoms with E-state index in [0.717, 1.165) is 44.8 Å². The molecule has 0 saturated heterocycles. The summed E-state index contributed by atoms with van der Waals surface area (Å²) in [5.41, 5.74) is 0. The first-order chi connectivity index (χ1) is 13.5. The van der Waals surface area contributed by atoms with Gasteiger partial charge in [-0.1, -0.05) is 0 Å². The van der Waals surface area contributed by atoms with Crippen LogP contribution >= 0.6 is 47.0 Å². The number of hydrogen-bond donors (Lipinski definition) is 1. The summed E-state index contributed by atoms with van der Waals surface area (Å²) in [4.78, 5) is 4.23. The number of rotatable bonds is 11. The largest absolute Gasteiger partial charge is 0.506 e. The maximum absolute atomic E-state index is 10.9. The number of benzene rings is 1. The first kappa shape index (κ1) is 26.3. The predicted molar refractivity (Wildman–Crippen MR) is 123 cm³/mol. The molecule has 28 heavy (non-hydrogen) atoms. The van der Waals surface area contributed by atoms with Crippen molar-refractivity contribution in [2.24, 2.45) is 0 Å². The highest BCUT2D eigenvalue weighted by molar-refractivity contribution is 8.21. The summed E-state index contributed by atoms with van der Waals surface area (Å²) in [6, 6.07) is 2.21. The third-order valence-corrected chi connectivity index (χ3v) is 9.00. The summed E-state index contributed by atoms with van der Waals surface area (Å²) in [7, 11) is 8.41. The van der Waals surface area contributed by atoms with Gasteiger partial charge in [-0.05, 0) is 25.2 Å². The Bertz CT molecular complexity index is 588. The number of thioether (sulfide) groups is 4. The Kier molecular flexibility index (Phi) is 13.4. The molecule has 1 aliphatic heterocycles. The molecule has 0 radical (unpaired) electrons. The number of ether oxygens (including phenoxy) is 4. The molecule has 1 N–H and O–H groups in total. The third-order valence-electron chi connectivity index (χ3n) is 3.73. The molecule has 1 heterocycles. The number of hydrogen-bond acceptors (Lipinski definition) is 9. The maximum Gasteiger partial charge on any atom is 0.145 e. The first-order valence-corrected chi connectivity index (χ1v) is 12.7. The molecule has 1 unspecified atom stereocenters. The lowest BCUT2D eigenvalue weighted by Gasteiger charge is -2.25. The summed E-state index contributed by atoms with van der Waals surface area (Å²) >= 11 is 6.89. The van der Waals surface area contributed by atoms with Crippen LogP contribution in [0.15, 0.2) is 25.6 Å². The molecule has 1 aromatic rings. The zero-order valence-electron chi connectivity index (χ0n) is 17.5. The van der Waals surface area contributed by atoms with Crippen LogP contribution in [0.4, 0.5) is 0 Å². The average molecular weight is 469 g/mol. The highest BCUT2D eigenvalue weighted by Crippen LogP contribution is 2.62. The SMILES string of the molecule is COC.COCCCSc1c(SC)cc2c(c1O)SC(CCOC)(COC)S2. The van der Waals surface area contributed by atoms with Gasteiger partial charge in [-0.25, -0.2) is 0 Å². The summed E-state index contributed by atoms with van der Waals surface area (Å²) in [5.74, 6) is 1.34. The predicted octanol–water partition coefficient (Wildman–Crippen LogP) is 5.08. The average Bonchev–Trinajstić information content (AvgIpc) is 3.04. The van der Waals surface area contributed by atoms with Crippen molar-refractivity contribution in [3.8, 4) is 5.75 Å². The molecule has 0 aliphatic carbocycles. The van der Waals surface area contributed by atoms with Crippen molar-refractivity contribution < 1.29 is 24.1 Å². The summed E-state index contributed by atoms with van der Waals surface area (Å²) < 4.78 is 20.0. The van der Waals surface area contributed by atoms with Gasteiger partial charge < -0.3 is 24.1 Å². The first-order valence-electron chi connectivity index (χ1n) is 8.84. The minimum atomic E-state index is -0.139. The molecule has 9 heteroatoms. The molecule has 162 valence electrons. The Morgan fingerprint density at radius 2 is 1.71 bits per heavy atom. The molecule has 0 amide bonds. The van der Waals surface area contributed by atoms with Gasteiger partial charge in [-0.3, -0.25) is 0 Å². The van der Waals surface area contributed by atoms with Gasteiger partial charge in [0.2, 0.25) is 0 Å². The summed E-state index contributed by atoms with van der Waals surface area (Å²) in [6.45, 7) is 2.03. The molecule has 1 atom stereocenters. The normalized spacial score (nSPS) is 17.9. The number of phenols is 1. The third kappa shape index (κ3) is 7.50. The highest BCUT2D eigenvalue weighted by atomic mass is 32.2. The lowest BCUT2D eigenvalue weighted by atomic mass is 10.3. The lowest BCUT2D eigenvalue weighted by Crippen LogP contribution is -2.25. The van der Waals surface area contributed by atoms with E-state index in [1.807, 2.05) is 0 Å². The monoisotopic (exact) mass is 468 g/mol. The molecular weight excluding hydrogens is 436 g/mol. The van der Waals surface area contributed by atoms with Gasteiger partial charge in [0.05, 0.1) is 20.5 Å². The zero-order valence-corrected chi connectivity index (χ0v) is 20.8. The van der Waals surface area contributed by atoms with E-state index in [4.69, 9.17) is 14.2 Å². The van der Waals surface area contributed by atoms with Crippen molar-refractivity contribution in [3.63, 3.8) is 0 Å². The van der Waals surface area contributed by atoms with E-state index in [-0.39, 0.29) is 4.08 Å². The molecule has 0 saturated carbocycles. The quantitative estimate of drug-likeness (QED) is 0.354. The van der Waals surface area contributed by atoms with Crippen LogP contribution in [0.5, 0.6) is 5.75 Å². The maximum atomic E-state index is 10.9. The number of aromatic hydroxyl groups is 1. The van der Waals surface area contributed by atoms with E-state index in [9.17, 15) is 5.11 Å². The van der Waals surface area contributed by atoms with E-state index in [1.165, 1.54) is 0 Å². The Morgan fingerprint density at radius 3 is 2.29 bits per heavy atom. The fourth-order valence-electron chi connectivity index (χ4n) is 2.55. The zero-order chi connectivity index (χ0) is 21.0. The second-order valence-electron chi connectivity index (χ2n) is 5.98. The van der Waals surface area contributed by atoms with Gasteiger partial charge in [0.15, 0.2) is 0 Å². The molecule has 2 rings (SSSR count). The van der Waals surface area contributed by atoms with Crippen molar-refractivity contribution in [1.29, 1.82) is 0 Å². The fraction of sp³-hybridized carbons (Fsp3) is 0.684. The Morgan fingerprint density at radius 1 is 1.04 bits per heavy atom. The van der Waals surface area contributed by atoms with Gasteiger partial charge >= 0.3 is 0 Å². The standard InChI is InChI=1S/C17H26O4S4.C2H6O/c1-19-7-5-9-23-15-12(22-4)10-13-16(14(15)18)25-17(24-13,11-21-3)6-8-20-2;1-3-2/h10,18H,5-9,11H2,1-4H3;1-2H3. The van der Waals surface area contributed by atoms with Crippen molar-refractivity contribution >= 4 is 47.0 Å². The lowest BCUT2D eigenvalue weighted by molar-refractivity contribution is 0.157. The Labute approximate surface area is 186 Å². The van der Waals surface area contributed by atoms with Crippen molar-refractivity contribution in [2.75, 3.05) is 67.4 Å². The molecule has 1 aliphatic rings. The second kappa shape index (κ2) is 14.3. The number of phenolic OH excluding ortho intramolecular Hbond substituents is 1. The molecule has 0 aromatic heterocycles. The molecule has 0 spiro atoms. The van der Waals surface area contributed by atoms with Crippen LogP contribution in [0, 0.1) is 0 Å². The summed E-state index contributed by atoms with van der Waals surface area (Å²) in [6.07, 6.45) is 3.89. The second-order valence-corrected chi connectivity index (χ2v) is 11.0. The van der Waals surface area contributed by atoms with Gasteiger partial charge in [-0.2, -0.15) is 0 Å². The van der Waals surface area contributed by atoms with E-state index in [0.29, 0.717) is 19.0 Å². The van der Waals surface area contributed by atoms with Crippen LogP contribution in [0.25, 0.3) is 0 Å². The Hall–Kier alpha value is 0.260. The number of fused-ring (bicyclic) bond motifs is 1. The highest BCUT2D eigenvalue weighted by Gasteiger charge is 2.41. The van der Waals surface area contributed by atoms with E-state index < -0.39 is 0 Å². The van der Waals surface area contributed by atoms with Gasteiger partial charge in [0.25, 0.3) is 0 Å². The minimum absolute atomic E-state index is 0.139. The molecule has 5 nitrogen and oxygen atoms in total. The van der Waals surface area contributed by atoms with E-state index in [1.54, 1.807) is 82.6 Å². The Balaban J connectivity index is 0.00000122. The van der Waals surface area contributed by atoms with Crippen LogP contribution in [-0.2, 0) is 18.9 Å². The van der Waals surface area contributed by atoms with Crippen molar-refractivity contribution in [3.05, 3.63) is 6.07 Å². The van der Waals surface area contributed by atoms with Crippen LogP contribution in [0.1, 0.15) is 12.8 Å². The number of methoxy groups -OCH3 is 4. The molecule has 1 aromatic carbocycles. The van der Waals surface area contributed by atoms with Crippen LogP contribution in [0.2, 0.25) is 0 Å². The fourth-order valence-corrected chi connectivity index (χ4v) is 7.70. The van der Waals surface area contributed by atoms with Crippen LogP contribution in [0.3, 0.4) is 0 Å². The van der Waals surface area contributed by atoms with Gasteiger partial charge in [-0.15, -0.1) is 47.0 Å². The van der Waals surface area contributed by atoms with Crippen molar-refractivity contribution in [1.82, 2.24) is 0 Å². The van der Waals surface area contributed by atoms with Gasteiger partial charge in [0.1, 0.15) is 5.75 Å². The summed E-state index contributed by atoms with van der Waals surface area (Å²) in [5, 5.41) is 10.9. The smallest absolute Gasteiger partial charge is 0.145 e. The van der Waals surface area contributed by atoms with E-state index in [2.05, 4.69) is 17.1 Å². The van der Waals surface area contributed by atoms with Crippen molar-refractivity contribution in [2.45, 2.75) is 36.5 Å². The van der Waals surface area contributed by atoms with Gasteiger partial charge in [0, 0.05) is 64.3 Å².